The topological polar surface area (TPSA) is 128 Å². The fraction of sp³-hybridized carbons (Fsp3) is 0.450. The maximum atomic E-state index is 12.6. The van der Waals surface area contributed by atoms with Crippen molar-refractivity contribution in [3.63, 3.8) is 0 Å². The van der Waals surface area contributed by atoms with Gasteiger partial charge in [0.1, 0.15) is 6.04 Å². The number of carbonyl (C=O) groups excluding carboxylic acids is 2. The molecule has 1 aromatic rings. The maximum absolute atomic E-state index is 12.6. The van der Waals surface area contributed by atoms with E-state index in [0.29, 0.717) is 5.56 Å². The monoisotopic (exact) mass is 441 g/mol. The lowest BCUT2D eigenvalue weighted by Gasteiger charge is -2.17. The summed E-state index contributed by atoms with van der Waals surface area (Å²) in [5.41, 5.74) is 0.894. The Bertz CT molecular complexity index is 781. The van der Waals surface area contributed by atoms with E-state index in [1.807, 2.05) is 0 Å². The Kier molecular flexibility index (Phi) is 11.0. The molecule has 0 aliphatic rings. The van der Waals surface area contributed by atoms with Gasteiger partial charge in [-0.15, -0.1) is 0 Å². The first-order valence-electron chi connectivity index (χ1n) is 9.58. The van der Waals surface area contributed by atoms with Crippen LogP contribution in [0, 0.1) is 0 Å². The van der Waals surface area contributed by atoms with Crippen LogP contribution in [0.5, 0.6) is 0 Å². The van der Waals surface area contributed by atoms with Crippen molar-refractivity contribution in [2.75, 3.05) is 19.8 Å². The number of esters is 1. The molecule has 0 unspecified atom stereocenters. The fourth-order valence-electron chi connectivity index (χ4n) is 2.46. The lowest BCUT2D eigenvalue weighted by molar-refractivity contribution is -0.139. The lowest BCUT2D eigenvalue weighted by atomic mass is 10.1. The predicted molar refractivity (Wildman–Crippen MR) is 110 cm³/mol. The zero-order valence-corrected chi connectivity index (χ0v) is 18.2. The third-order valence-electron chi connectivity index (χ3n) is 3.76. The summed E-state index contributed by atoms with van der Waals surface area (Å²) in [6, 6.07) is 5.01. The van der Waals surface area contributed by atoms with Crippen molar-refractivity contribution in [3.05, 3.63) is 47.5 Å². The number of hydrogen-bond acceptors (Lipinski definition) is 7. The molecule has 0 fully saturated rings. The molecule has 0 aliphatic heterocycles. The summed E-state index contributed by atoms with van der Waals surface area (Å²) in [6.07, 6.45) is 2.44. The molecule has 1 amide bonds. The van der Waals surface area contributed by atoms with Gasteiger partial charge in [0, 0.05) is 11.6 Å². The van der Waals surface area contributed by atoms with Crippen LogP contribution in [0.3, 0.4) is 0 Å². The summed E-state index contributed by atoms with van der Waals surface area (Å²) >= 11 is 0. The fourth-order valence-corrected chi connectivity index (χ4v) is 4.16. The number of benzene rings is 1. The van der Waals surface area contributed by atoms with Crippen molar-refractivity contribution in [1.82, 2.24) is 5.32 Å². The van der Waals surface area contributed by atoms with Crippen molar-refractivity contribution >= 4 is 25.4 Å². The molecule has 0 aromatic heterocycles. The van der Waals surface area contributed by atoms with Gasteiger partial charge in [-0.25, -0.2) is 9.59 Å². The summed E-state index contributed by atoms with van der Waals surface area (Å²) in [7, 11) is -3.27. The molecule has 0 saturated heterocycles. The number of ether oxygens (including phenoxy) is 1. The van der Waals surface area contributed by atoms with E-state index in [1.54, 1.807) is 32.9 Å². The molecule has 1 aromatic carbocycles. The molecule has 1 atom stereocenters. The van der Waals surface area contributed by atoms with E-state index >= 15 is 0 Å². The molecule has 0 heterocycles. The highest BCUT2D eigenvalue weighted by Crippen LogP contribution is 2.51. The smallest absolute Gasteiger partial charge is 0.335 e. The average Bonchev–Trinajstić information content (AvgIpc) is 2.68. The van der Waals surface area contributed by atoms with Crippen molar-refractivity contribution in [2.24, 2.45) is 0 Å². The molecular weight excluding hydrogens is 413 g/mol. The van der Waals surface area contributed by atoms with Gasteiger partial charge < -0.3 is 24.2 Å². The Balaban J connectivity index is 2.77. The summed E-state index contributed by atoms with van der Waals surface area (Å²) in [4.78, 5) is 35.0. The molecular formula is C20H28NO8P. The van der Waals surface area contributed by atoms with Crippen molar-refractivity contribution in [3.8, 4) is 0 Å². The van der Waals surface area contributed by atoms with Gasteiger partial charge in [-0.1, -0.05) is 18.2 Å². The summed E-state index contributed by atoms with van der Waals surface area (Å²) in [5, 5.41) is 11.7. The van der Waals surface area contributed by atoms with Crippen LogP contribution in [0.2, 0.25) is 0 Å². The normalized spacial score (nSPS) is 12.5. The zero-order chi connectivity index (χ0) is 22.6. The second-order valence-corrected chi connectivity index (χ2v) is 8.11. The maximum Gasteiger partial charge on any atom is 0.335 e. The lowest BCUT2D eigenvalue weighted by Crippen LogP contribution is -2.40. The second-order valence-electron chi connectivity index (χ2n) is 6.06. The van der Waals surface area contributed by atoms with E-state index < -0.39 is 31.5 Å². The Morgan fingerprint density at radius 3 is 2.17 bits per heavy atom. The molecule has 0 saturated carbocycles. The second kappa shape index (κ2) is 13.0. The highest BCUT2D eigenvalue weighted by molar-refractivity contribution is 7.53. The quantitative estimate of drug-likeness (QED) is 0.271. The van der Waals surface area contributed by atoms with Gasteiger partial charge >= 0.3 is 19.5 Å². The third kappa shape index (κ3) is 8.90. The molecule has 9 nitrogen and oxygen atoms in total. The average molecular weight is 441 g/mol. The van der Waals surface area contributed by atoms with Crippen LogP contribution in [0.15, 0.2) is 36.4 Å². The molecule has 2 N–H and O–H groups in total. The first-order chi connectivity index (χ1) is 14.2. The van der Waals surface area contributed by atoms with Crippen LogP contribution in [-0.4, -0.2) is 48.8 Å². The van der Waals surface area contributed by atoms with E-state index in [9.17, 15) is 24.1 Å². The van der Waals surface area contributed by atoms with Crippen LogP contribution in [0.1, 0.15) is 43.1 Å². The van der Waals surface area contributed by atoms with Crippen molar-refractivity contribution in [1.29, 1.82) is 0 Å². The highest BCUT2D eigenvalue weighted by Gasteiger charge is 2.24. The molecule has 1 rings (SSSR count). The van der Waals surface area contributed by atoms with Gasteiger partial charge in [0.25, 0.3) is 5.91 Å². The predicted octanol–water partition coefficient (Wildman–Crippen LogP) is 3.15. The first-order valence-corrected chi connectivity index (χ1v) is 11.3. The first kappa shape index (κ1) is 25.6. The molecule has 0 spiro atoms. The SMILES string of the molecule is CCOC(=O)/C=C/C[C@@H](NC(=O)c1ccc(CP(=O)(OCC)OCC)cc1)C(=O)O. The Morgan fingerprint density at radius 1 is 1.07 bits per heavy atom. The number of amides is 1. The molecule has 0 radical (unpaired) electrons. The van der Waals surface area contributed by atoms with Crippen LogP contribution in [-0.2, 0) is 34.1 Å². The number of carboxylic acid groups (broad SMARTS) is 1. The standard InChI is InChI=1S/C20H28NO8P/c1-4-27-18(22)9-7-8-17(20(24)25)21-19(23)16-12-10-15(11-13-16)14-30(26,28-5-2)29-6-3/h7,9-13,17H,4-6,8,14H2,1-3H3,(H,21,23)(H,24,25)/b9-7+/t17-/m1/s1. The molecule has 0 bridgehead atoms. The van der Waals surface area contributed by atoms with E-state index in [1.165, 1.54) is 18.2 Å². The summed E-state index contributed by atoms with van der Waals surface area (Å²) in [6.45, 7) is 5.81. The van der Waals surface area contributed by atoms with E-state index in [-0.39, 0.29) is 38.0 Å². The molecule has 10 heteroatoms. The summed E-state index contributed by atoms with van der Waals surface area (Å²) < 4.78 is 27.8. The number of carboxylic acids is 1. The van der Waals surface area contributed by atoms with Gasteiger partial charge in [-0.3, -0.25) is 9.36 Å². The number of hydrogen-bond donors (Lipinski definition) is 2. The van der Waals surface area contributed by atoms with E-state index in [4.69, 9.17) is 13.8 Å². The van der Waals surface area contributed by atoms with Crippen LogP contribution in [0.25, 0.3) is 0 Å². The van der Waals surface area contributed by atoms with Gasteiger partial charge in [0.15, 0.2) is 0 Å². The van der Waals surface area contributed by atoms with E-state index in [0.717, 1.165) is 6.08 Å². The summed E-state index contributed by atoms with van der Waals surface area (Å²) in [5.74, 6) is -2.40. The molecule has 0 aliphatic carbocycles. The van der Waals surface area contributed by atoms with Gasteiger partial charge in [0.05, 0.1) is 26.0 Å². The zero-order valence-electron chi connectivity index (χ0n) is 17.3. The minimum absolute atomic E-state index is 0.0625. The van der Waals surface area contributed by atoms with Crippen LogP contribution < -0.4 is 5.32 Å². The van der Waals surface area contributed by atoms with Gasteiger partial charge in [-0.2, -0.15) is 0 Å². The third-order valence-corrected chi connectivity index (χ3v) is 5.82. The largest absolute Gasteiger partial charge is 0.480 e. The van der Waals surface area contributed by atoms with Crippen LogP contribution >= 0.6 is 7.60 Å². The number of aliphatic carboxylic acids is 1. The number of carbonyl (C=O) groups is 3. The van der Waals surface area contributed by atoms with Crippen LogP contribution in [0.4, 0.5) is 0 Å². The van der Waals surface area contributed by atoms with Crippen molar-refractivity contribution in [2.45, 2.75) is 39.4 Å². The van der Waals surface area contributed by atoms with Gasteiger partial charge in [0.2, 0.25) is 0 Å². The highest BCUT2D eigenvalue weighted by atomic mass is 31.2. The van der Waals surface area contributed by atoms with Gasteiger partial charge in [-0.05, 0) is 44.9 Å². The van der Waals surface area contributed by atoms with Crippen molar-refractivity contribution < 1.29 is 37.8 Å². The Morgan fingerprint density at radius 2 is 1.67 bits per heavy atom. The molecule has 166 valence electrons. The minimum Gasteiger partial charge on any atom is -0.480 e. The Hall–Kier alpha value is -2.48. The minimum atomic E-state index is -3.27. The number of rotatable bonds is 13. The Labute approximate surface area is 175 Å². The molecule has 30 heavy (non-hydrogen) atoms. The van der Waals surface area contributed by atoms with E-state index in [2.05, 4.69) is 5.32 Å². The number of nitrogens with one attached hydrogen (secondary N) is 1.